The number of hydrogen-bond acceptors (Lipinski definition) is 3. The van der Waals surface area contributed by atoms with Crippen LogP contribution >= 0.6 is 11.3 Å². The minimum atomic E-state index is 0.560. The fourth-order valence-electron chi connectivity index (χ4n) is 2.37. The van der Waals surface area contributed by atoms with E-state index in [0.717, 1.165) is 24.7 Å². The Kier molecular flexibility index (Phi) is 3.48. The summed E-state index contributed by atoms with van der Waals surface area (Å²) in [6, 6.07) is 4.96. The molecule has 0 saturated heterocycles. The quantitative estimate of drug-likeness (QED) is 0.866. The van der Waals surface area contributed by atoms with E-state index in [0.29, 0.717) is 6.04 Å². The first kappa shape index (κ1) is 11.9. The Morgan fingerprint density at radius 2 is 2.44 bits per heavy atom. The van der Waals surface area contributed by atoms with Crippen LogP contribution in [0.15, 0.2) is 29.9 Å². The van der Waals surface area contributed by atoms with E-state index < -0.39 is 0 Å². The minimum Gasteiger partial charge on any atom is -0.338 e. The second-order valence-corrected chi connectivity index (χ2v) is 5.97. The largest absolute Gasteiger partial charge is 0.338 e. The Labute approximate surface area is 112 Å². The zero-order valence-electron chi connectivity index (χ0n) is 10.7. The maximum atomic E-state index is 4.36. The number of imidazole rings is 1. The highest BCUT2D eigenvalue weighted by Crippen LogP contribution is 2.42. The van der Waals surface area contributed by atoms with Crippen LogP contribution in [0, 0.1) is 5.92 Å². The van der Waals surface area contributed by atoms with E-state index in [4.69, 9.17) is 0 Å². The number of rotatable bonds is 6. The van der Waals surface area contributed by atoms with Gasteiger partial charge in [-0.3, -0.25) is 0 Å². The van der Waals surface area contributed by atoms with Crippen molar-refractivity contribution >= 4 is 11.3 Å². The minimum absolute atomic E-state index is 0.560. The molecule has 1 unspecified atom stereocenters. The van der Waals surface area contributed by atoms with Crippen LogP contribution in [0.1, 0.15) is 29.6 Å². The number of aromatic nitrogens is 2. The molecule has 0 aromatic carbocycles. The van der Waals surface area contributed by atoms with E-state index in [1.165, 1.54) is 17.7 Å². The highest BCUT2D eigenvalue weighted by molar-refractivity contribution is 7.10. The molecule has 2 heterocycles. The van der Waals surface area contributed by atoms with Crippen molar-refractivity contribution in [3.8, 4) is 0 Å². The third-order valence-electron chi connectivity index (χ3n) is 3.58. The zero-order chi connectivity index (χ0) is 12.4. The Morgan fingerprint density at radius 1 is 1.56 bits per heavy atom. The van der Waals surface area contributed by atoms with Crippen molar-refractivity contribution in [2.75, 3.05) is 6.54 Å². The van der Waals surface area contributed by atoms with Crippen molar-refractivity contribution in [2.24, 2.45) is 13.0 Å². The topological polar surface area (TPSA) is 29.9 Å². The van der Waals surface area contributed by atoms with Crippen molar-refractivity contribution in [3.05, 3.63) is 40.6 Å². The summed E-state index contributed by atoms with van der Waals surface area (Å²) in [4.78, 5) is 5.85. The van der Waals surface area contributed by atoms with Gasteiger partial charge in [-0.15, -0.1) is 11.3 Å². The highest BCUT2D eigenvalue weighted by Gasteiger charge is 2.32. The van der Waals surface area contributed by atoms with Crippen LogP contribution in [0.5, 0.6) is 0 Å². The van der Waals surface area contributed by atoms with E-state index in [1.54, 1.807) is 0 Å². The molecule has 18 heavy (non-hydrogen) atoms. The molecule has 1 fully saturated rings. The van der Waals surface area contributed by atoms with Crippen LogP contribution in [0.2, 0.25) is 0 Å². The van der Waals surface area contributed by atoms with Crippen LogP contribution in [-0.4, -0.2) is 16.1 Å². The van der Waals surface area contributed by atoms with Gasteiger partial charge in [0.25, 0.3) is 0 Å². The van der Waals surface area contributed by atoms with Crippen molar-refractivity contribution < 1.29 is 0 Å². The molecular weight excluding hydrogens is 242 g/mol. The molecule has 1 N–H and O–H groups in total. The number of aryl methyl sites for hydroxylation is 1. The molecule has 0 radical (unpaired) electrons. The molecule has 4 heteroatoms. The van der Waals surface area contributed by atoms with Crippen LogP contribution in [-0.2, 0) is 13.5 Å². The van der Waals surface area contributed by atoms with Gasteiger partial charge >= 0.3 is 0 Å². The van der Waals surface area contributed by atoms with Crippen LogP contribution in [0.25, 0.3) is 0 Å². The lowest BCUT2D eigenvalue weighted by molar-refractivity contribution is 0.486. The Bertz CT molecular complexity index is 485. The Balaban J connectivity index is 1.56. The van der Waals surface area contributed by atoms with Crippen molar-refractivity contribution in [1.29, 1.82) is 0 Å². The second kappa shape index (κ2) is 5.24. The summed E-state index contributed by atoms with van der Waals surface area (Å²) >= 11 is 1.87. The van der Waals surface area contributed by atoms with Gasteiger partial charge in [0.15, 0.2) is 0 Å². The predicted octanol–water partition coefficient (Wildman–Crippen LogP) is 2.77. The third kappa shape index (κ3) is 2.65. The molecule has 3 rings (SSSR count). The van der Waals surface area contributed by atoms with Crippen LogP contribution in [0.3, 0.4) is 0 Å². The van der Waals surface area contributed by atoms with Gasteiger partial charge in [0.2, 0.25) is 0 Å². The summed E-state index contributed by atoms with van der Waals surface area (Å²) in [7, 11) is 2.06. The van der Waals surface area contributed by atoms with Gasteiger partial charge in [0.05, 0.1) is 0 Å². The monoisotopic (exact) mass is 261 g/mol. The first-order valence-electron chi connectivity index (χ1n) is 6.57. The number of thiophene rings is 1. The molecule has 1 saturated carbocycles. The fourth-order valence-corrected chi connectivity index (χ4v) is 3.27. The van der Waals surface area contributed by atoms with Crippen LogP contribution < -0.4 is 5.32 Å². The van der Waals surface area contributed by atoms with Gasteiger partial charge in [0, 0.05) is 43.3 Å². The molecule has 2 aromatic heterocycles. The van der Waals surface area contributed by atoms with E-state index in [2.05, 4.69) is 39.4 Å². The van der Waals surface area contributed by atoms with Gasteiger partial charge in [-0.1, -0.05) is 6.07 Å². The summed E-state index contributed by atoms with van der Waals surface area (Å²) in [5.41, 5.74) is 0. The average Bonchev–Trinajstić information content (AvgIpc) is 2.89. The van der Waals surface area contributed by atoms with Gasteiger partial charge in [-0.25, -0.2) is 4.98 Å². The number of hydrogen-bond donors (Lipinski definition) is 1. The molecule has 3 nitrogen and oxygen atoms in total. The smallest absolute Gasteiger partial charge is 0.109 e. The SMILES string of the molecule is Cn1ccnc1CCNC(c1cccs1)C1CC1. The Hall–Kier alpha value is -1.13. The van der Waals surface area contributed by atoms with E-state index in [1.807, 2.05) is 23.7 Å². The first-order valence-corrected chi connectivity index (χ1v) is 7.45. The molecule has 0 amide bonds. The van der Waals surface area contributed by atoms with E-state index in [9.17, 15) is 0 Å². The van der Waals surface area contributed by atoms with Gasteiger partial charge in [0.1, 0.15) is 5.82 Å². The summed E-state index contributed by atoms with van der Waals surface area (Å²) in [6.45, 7) is 1.00. The number of nitrogens with zero attached hydrogens (tertiary/aromatic N) is 2. The molecule has 96 valence electrons. The molecular formula is C14H19N3S. The van der Waals surface area contributed by atoms with Crippen molar-refractivity contribution in [1.82, 2.24) is 14.9 Å². The van der Waals surface area contributed by atoms with E-state index in [-0.39, 0.29) is 0 Å². The Morgan fingerprint density at radius 3 is 3.06 bits per heavy atom. The van der Waals surface area contributed by atoms with Gasteiger partial charge < -0.3 is 9.88 Å². The highest BCUT2D eigenvalue weighted by atomic mass is 32.1. The molecule has 1 atom stereocenters. The molecule has 0 spiro atoms. The summed E-state index contributed by atoms with van der Waals surface area (Å²) in [5.74, 6) is 2.01. The second-order valence-electron chi connectivity index (χ2n) is 4.99. The molecule has 2 aromatic rings. The fraction of sp³-hybridized carbons (Fsp3) is 0.500. The standard InChI is InChI=1S/C14H19N3S/c1-17-9-8-15-13(17)6-7-16-14(11-4-5-11)12-3-2-10-18-12/h2-3,8-11,14,16H,4-7H2,1H3. The zero-order valence-corrected chi connectivity index (χ0v) is 11.5. The summed E-state index contributed by atoms with van der Waals surface area (Å²) in [6.07, 6.45) is 7.62. The first-order chi connectivity index (χ1) is 8.84. The van der Waals surface area contributed by atoms with E-state index >= 15 is 0 Å². The average molecular weight is 261 g/mol. The molecule has 1 aliphatic rings. The maximum absolute atomic E-state index is 4.36. The van der Waals surface area contributed by atoms with Gasteiger partial charge in [-0.2, -0.15) is 0 Å². The molecule has 1 aliphatic carbocycles. The van der Waals surface area contributed by atoms with Crippen LogP contribution in [0.4, 0.5) is 0 Å². The molecule has 0 bridgehead atoms. The van der Waals surface area contributed by atoms with Crippen molar-refractivity contribution in [3.63, 3.8) is 0 Å². The lowest BCUT2D eigenvalue weighted by Crippen LogP contribution is -2.25. The summed E-state index contributed by atoms with van der Waals surface area (Å²) in [5, 5.41) is 5.88. The van der Waals surface area contributed by atoms with Crippen molar-refractivity contribution in [2.45, 2.75) is 25.3 Å². The summed E-state index contributed by atoms with van der Waals surface area (Å²) < 4.78 is 2.10. The molecule has 0 aliphatic heterocycles. The lowest BCUT2D eigenvalue weighted by atomic mass is 10.1. The maximum Gasteiger partial charge on any atom is 0.109 e. The predicted molar refractivity (Wildman–Crippen MR) is 74.7 cm³/mol. The third-order valence-corrected chi connectivity index (χ3v) is 4.53. The number of nitrogens with one attached hydrogen (secondary N) is 1. The van der Waals surface area contributed by atoms with Gasteiger partial charge in [-0.05, 0) is 30.2 Å². The lowest BCUT2D eigenvalue weighted by Gasteiger charge is -2.16. The normalized spacial score (nSPS) is 16.9.